The third kappa shape index (κ3) is 0.884. The molecule has 1 aliphatic rings. The highest BCUT2D eigenvalue weighted by Crippen LogP contribution is 2.14. The lowest BCUT2D eigenvalue weighted by atomic mass is 10.1. The molecule has 3 heterocycles. The molecular weight excluding hydrogens is 164 g/mol. The van der Waals surface area contributed by atoms with Crippen LogP contribution in [0, 0.1) is 0 Å². The normalized spacial score (nSPS) is 14.8. The van der Waals surface area contributed by atoms with Crippen LogP contribution < -0.4 is 0 Å². The highest BCUT2D eigenvalue weighted by Gasteiger charge is 2.13. The number of aliphatic imine (C=N–C) groups is 1. The molecule has 0 aromatic carbocycles. The van der Waals surface area contributed by atoms with Crippen molar-refractivity contribution in [3.63, 3.8) is 0 Å². The van der Waals surface area contributed by atoms with E-state index >= 15 is 0 Å². The van der Waals surface area contributed by atoms with Crippen LogP contribution in [-0.2, 0) is 6.42 Å². The zero-order valence-corrected chi connectivity index (χ0v) is 7.01. The van der Waals surface area contributed by atoms with E-state index in [1.807, 2.05) is 23.0 Å². The van der Waals surface area contributed by atoms with Gasteiger partial charge in [-0.15, -0.1) is 0 Å². The summed E-state index contributed by atoms with van der Waals surface area (Å²) < 4.78 is 1.81. The molecule has 0 saturated heterocycles. The summed E-state index contributed by atoms with van der Waals surface area (Å²) >= 11 is 0. The van der Waals surface area contributed by atoms with E-state index in [1.165, 1.54) is 0 Å². The molecule has 64 valence electrons. The minimum absolute atomic E-state index is 0.844. The highest BCUT2D eigenvalue weighted by atomic mass is 15.3. The van der Waals surface area contributed by atoms with Gasteiger partial charge in [-0.25, -0.2) is 9.50 Å². The zero-order valence-electron chi connectivity index (χ0n) is 7.01. The van der Waals surface area contributed by atoms with E-state index in [9.17, 15) is 0 Å². The first-order chi connectivity index (χ1) is 6.45. The van der Waals surface area contributed by atoms with Gasteiger partial charge in [0.15, 0.2) is 5.65 Å². The Morgan fingerprint density at radius 1 is 1.38 bits per heavy atom. The van der Waals surface area contributed by atoms with Gasteiger partial charge in [0.05, 0.1) is 11.3 Å². The van der Waals surface area contributed by atoms with Gasteiger partial charge in [0.25, 0.3) is 0 Å². The molecule has 0 saturated carbocycles. The fourth-order valence-electron chi connectivity index (χ4n) is 1.59. The summed E-state index contributed by atoms with van der Waals surface area (Å²) in [7, 11) is 0. The average Bonchev–Trinajstić information content (AvgIpc) is 2.56. The molecule has 13 heavy (non-hydrogen) atoms. The first kappa shape index (κ1) is 6.77. The third-order valence-corrected chi connectivity index (χ3v) is 2.21. The monoisotopic (exact) mass is 172 g/mol. The van der Waals surface area contributed by atoms with E-state index in [-0.39, 0.29) is 0 Å². The van der Waals surface area contributed by atoms with E-state index in [4.69, 9.17) is 0 Å². The second-order valence-corrected chi connectivity index (χ2v) is 3.03. The standard InChI is InChI=1S/C9H8N4/c1-3-11-9-7-6-10-4-2-8(7)12-13(9)5-1/h1,3,5-6H,2,4H2. The summed E-state index contributed by atoms with van der Waals surface area (Å²) in [6.07, 6.45) is 6.48. The SMILES string of the molecule is C1=NCCc2nn3cccnc3c21. The van der Waals surface area contributed by atoms with Crippen molar-refractivity contribution in [2.24, 2.45) is 4.99 Å². The van der Waals surface area contributed by atoms with Gasteiger partial charge < -0.3 is 0 Å². The molecule has 0 aliphatic carbocycles. The Bertz CT molecular complexity index is 483. The number of aromatic nitrogens is 3. The summed E-state index contributed by atoms with van der Waals surface area (Å²) in [6, 6.07) is 1.88. The summed E-state index contributed by atoms with van der Waals surface area (Å²) in [5.41, 5.74) is 3.08. The summed E-state index contributed by atoms with van der Waals surface area (Å²) in [5, 5.41) is 4.42. The second-order valence-electron chi connectivity index (χ2n) is 3.03. The van der Waals surface area contributed by atoms with Crippen LogP contribution in [0.2, 0.25) is 0 Å². The average molecular weight is 172 g/mol. The Kier molecular flexibility index (Phi) is 1.24. The van der Waals surface area contributed by atoms with Crippen molar-refractivity contribution in [1.29, 1.82) is 0 Å². The molecule has 4 heteroatoms. The van der Waals surface area contributed by atoms with Crippen molar-refractivity contribution in [3.05, 3.63) is 29.7 Å². The number of hydrogen-bond acceptors (Lipinski definition) is 3. The fraction of sp³-hybridized carbons (Fsp3) is 0.222. The Morgan fingerprint density at radius 2 is 2.38 bits per heavy atom. The number of hydrogen-bond donors (Lipinski definition) is 0. The molecule has 1 aliphatic heterocycles. The predicted molar refractivity (Wildman–Crippen MR) is 49.2 cm³/mol. The molecule has 2 aromatic rings. The van der Waals surface area contributed by atoms with E-state index in [0.29, 0.717) is 0 Å². The smallest absolute Gasteiger partial charge is 0.164 e. The fourth-order valence-corrected chi connectivity index (χ4v) is 1.59. The van der Waals surface area contributed by atoms with Crippen LogP contribution in [0.3, 0.4) is 0 Å². The van der Waals surface area contributed by atoms with E-state index in [2.05, 4.69) is 15.1 Å². The van der Waals surface area contributed by atoms with E-state index in [1.54, 1.807) is 6.20 Å². The van der Waals surface area contributed by atoms with Gasteiger partial charge in [-0.05, 0) is 6.07 Å². The molecule has 0 bridgehead atoms. The van der Waals surface area contributed by atoms with Gasteiger partial charge in [-0.3, -0.25) is 4.99 Å². The minimum Gasteiger partial charge on any atom is -0.292 e. The quantitative estimate of drug-likeness (QED) is 0.587. The van der Waals surface area contributed by atoms with Crippen LogP contribution in [-0.4, -0.2) is 27.4 Å². The lowest BCUT2D eigenvalue weighted by Gasteiger charge is -1.99. The molecule has 0 atom stereocenters. The van der Waals surface area contributed by atoms with Crippen molar-refractivity contribution in [1.82, 2.24) is 14.6 Å². The van der Waals surface area contributed by atoms with E-state index in [0.717, 1.165) is 29.9 Å². The maximum atomic E-state index is 4.42. The zero-order chi connectivity index (χ0) is 8.67. The van der Waals surface area contributed by atoms with Gasteiger partial charge >= 0.3 is 0 Å². The minimum atomic E-state index is 0.844. The Labute approximate surface area is 74.9 Å². The maximum absolute atomic E-state index is 4.42. The van der Waals surface area contributed by atoms with Gasteiger partial charge in [0.1, 0.15) is 0 Å². The van der Waals surface area contributed by atoms with Crippen LogP contribution >= 0.6 is 0 Å². The summed E-state index contributed by atoms with van der Waals surface area (Å²) in [5.74, 6) is 0. The van der Waals surface area contributed by atoms with Crippen LogP contribution in [0.5, 0.6) is 0 Å². The van der Waals surface area contributed by atoms with Crippen LogP contribution in [0.25, 0.3) is 5.65 Å². The number of fused-ring (bicyclic) bond motifs is 3. The maximum Gasteiger partial charge on any atom is 0.164 e. The summed E-state index contributed by atoms with van der Waals surface area (Å²) in [6.45, 7) is 0.844. The Hall–Kier alpha value is -1.71. The Balaban J connectivity index is 2.42. The van der Waals surface area contributed by atoms with Gasteiger partial charge in [-0.2, -0.15) is 5.10 Å². The van der Waals surface area contributed by atoms with Crippen LogP contribution in [0.1, 0.15) is 11.3 Å². The predicted octanol–water partition coefficient (Wildman–Crippen LogP) is 0.704. The molecule has 2 aromatic heterocycles. The van der Waals surface area contributed by atoms with E-state index < -0.39 is 0 Å². The van der Waals surface area contributed by atoms with Crippen molar-refractivity contribution >= 4 is 11.9 Å². The third-order valence-electron chi connectivity index (χ3n) is 2.21. The van der Waals surface area contributed by atoms with Crippen LogP contribution in [0.4, 0.5) is 0 Å². The Morgan fingerprint density at radius 3 is 3.38 bits per heavy atom. The second kappa shape index (κ2) is 2.39. The molecule has 0 radical (unpaired) electrons. The lowest BCUT2D eigenvalue weighted by Crippen LogP contribution is -2.00. The topological polar surface area (TPSA) is 42.5 Å². The van der Waals surface area contributed by atoms with Gasteiger partial charge in [0, 0.05) is 31.6 Å². The van der Waals surface area contributed by atoms with Gasteiger partial charge in [-0.1, -0.05) is 0 Å². The molecular formula is C9H8N4. The molecule has 0 unspecified atom stereocenters. The molecule has 0 amide bonds. The summed E-state index contributed by atoms with van der Waals surface area (Å²) in [4.78, 5) is 8.49. The number of nitrogens with zero attached hydrogens (tertiary/aromatic N) is 4. The van der Waals surface area contributed by atoms with Crippen molar-refractivity contribution in [2.75, 3.05) is 6.54 Å². The van der Waals surface area contributed by atoms with Crippen molar-refractivity contribution in [2.45, 2.75) is 6.42 Å². The number of rotatable bonds is 0. The molecule has 3 rings (SSSR count). The van der Waals surface area contributed by atoms with Crippen LogP contribution in [0.15, 0.2) is 23.5 Å². The van der Waals surface area contributed by atoms with Crippen molar-refractivity contribution in [3.8, 4) is 0 Å². The molecule has 0 spiro atoms. The largest absolute Gasteiger partial charge is 0.292 e. The van der Waals surface area contributed by atoms with Gasteiger partial charge in [0.2, 0.25) is 0 Å². The molecule has 0 fully saturated rings. The lowest BCUT2D eigenvalue weighted by molar-refractivity contribution is 0.850. The molecule has 4 nitrogen and oxygen atoms in total. The highest BCUT2D eigenvalue weighted by molar-refractivity contribution is 5.90. The molecule has 0 N–H and O–H groups in total. The van der Waals surface area contributed by atoms with Crippen molar-refractivity contribution < 1.29 is 0 Å². The first-order valence-corrected chi connectivity index (χ1v) is 4.27. The first-order valence-electron chi connectivity index (χ1n) is 4.27.